The van der Waals surface area contributed by atoms with Crippen LogP contribution in [0.1, 0.15) is 44.6 Å². The molecule has 0 amide bonds. The highest BCUT2D eigenvalue weighted by Crippen LogP contribution is 2.29. The van der Waals surface area contributed by atoms with E-state index in [0.29, 0.717) is 6.04 Å². The van der Waals surface area contributed by atoms with Crippen molar-refractivity contribution >= 4 is 28.3 Å². The molecule has 94 valence electrons. The van der Waals surface area contributed by atoms with Gasteiger partial charge >= 0.3 is 0 Å². The van der Waals surface area contributed by atoms with Crippen LogP contribution in [0.2, 0.25) is 0 Å². The summed E-state index contributed by atoms with van der Waals surface area (Å²) in [7, 11) is 0. The number of halogens is 1. The molecule has 2 rings (SSSR count). The molecule has 17 heavy (non-hydrogen) atoms. The van der Waals surface area contributed by atoms with E-state index in [0.717, 1.165) is 5.92 Å². The molecule has 0 bridgehead atoms. The Balaban J connectivity index is 1.95. The summed E-state index contributed by atoms with van der Waals surface area (Å²) in [4.78, 5) is 0. The zero-order chi connectivity index (χ0) is 12.3. The van der Waals surface area contributed by atoms with Gasteiger partial charge < -0.3 is 5.32 Å². The number of rotatable bonds is 3. The Labute approximate surface area is 119 Å². The summed E-state index contributed by atoms with van der Waals surface area (Å²) in [5, 5.41) is 3.73. The van der Waals surface area contributed by atoms with Gasteiger partial charge in [-0.2, -0.15) is 0 Å². The maximum absolute atomic E-state index is 3.73. The molecule has 1 aromatic carbocycles. The Morgan fingerprint density at radius 2 is 1.94 bits per heavy atom. The minimum Gasteiger partial charge on any atom is -0.382 e. The van der Waals surface area contributed by atoms with Crippen LogP contribution in [0.15, 0.2) is 18.2 Å². The normalized spacial score (nSPS) is 24.6. The molecule has 0 aliphatic heterocycles. The Morgan fingerprint density at radius 3 is 2.59 bits per heavy atom. The first-order valence-corrected chi connectivity index (χ1v) is 7.80. The average molecular weight is 343 g/mol. The number of benzene rings is 1. The first kappa shape index (κ1) is 13.2. The van der Waals surface area contributed by atoms with E-state index in [1.54, 1.807) is 0 Å². The zero-order valence-corrected chi connectivity index (χ0v) is 13.0. The van der Waals surface area contributed by atoms with E-state index in [9.17, 15) is 0 Å². The quantitative estimate of drug-likeness (QED) is 0.763. The molecule has 1 aliphatic carbocycles. The van der Waals surface area contributed by atoms with Gasteiger partial charge in [-0.15, -0.1) is 0 Å². The van der Waals surface area contributed by atoms with Crippen molar-refractivity contribution in [2.45, 2.75) is 52.0 Å². The van der Waals surface area contributed by atoms with Crippen molar-refractivity contribution in [3.8, 4) is 0 Å². The first-order chi connectivity index (χ1) is 8.20. The lowest BCUT2D eigenvalue weighted by atomic mass is 9.84. The topological polar surface area (TPSA) is 12.0 Å². The lowest BCUT2D eigenvalue weighted by Gasteiger charge is -2.29. The second-order valence-corrected chi connectivity index (χ2v) is 6.34. The molecule has 1 N–H and O–H groups in total. The molecule has 1 nitrogen and oxygen atoms in total. The summed E-state index contributed by atoms with van der Waals surface area (Å²) in [5.74, 6) is 0.977. The fourth-order valence-corrected chi connectivity index (χ4v) is 3.20. The maximum atomic E-state index is 3.73. The van der Waals surface area contributed by atoms with Crippen LogP contribution in [0.4, 0.5) is 5.69 Å². The summed E-state index contributed by atoms with van der Waals surface area (Å²) in [5.41, 5.74) is 2.72. The van der Waals surface area contributed by atoms with Crippen LogP contribution in [0, 0.1) is 16.4 Å². The van der Waals surface area contributed by atoms with Crippen LogP contribution in [-0.2, 0) is 0 Å². The van der Waals surface area contributed by atoms with Crippen molar-refractivity contribution in [1.82, 2.24) is 0 Å². The van der Waals surface area contributed by atoms with Crippen molar-refractivity contribution in [2.75, 3.05) is 5.32 Å². The van der Waals surface area contributed by atoms with Crippen LogP contribution in [-0.4, -0.2) is 6.04 Å². The molecule has 1 saturated carbocycles. The minimum atomic E-state index is 0.690. The third kappa shape index (κ3) is 3.36. The van der Waals surface area contributed by atoms with Gasteiger partial charge in [-0.3, -0.25) is 0 Å². The van der Waals surface area contributed by atoms with Crippen molar-refractivity contribution < 1.29 is 0 Å². The predicted octanol–water partition coefficient (Wildman–Crippen LogP) is 4.98. The number of anilines is 1. The van der Waals surface area contributed by atoms with Gasteiger partial charge in [0.15, 0.2) is 0 Å². The van der Waals surface area contributed by atoms with E-state index in [2.05, 4.69) is 60.0 Å². The van der Waals surface area contributed by atoms with E-state index in [1.807, 2.05) is 0 Å². The number of nitrogens with one attached hydrogen (secondary N) is 1. The van der Waals surface area contributed by atoms with E-state index in [4.69, 9.17) is 0 Å². The maximum Gasteiger partial charge on any atom is 0.0382 e. The Kier molecular flexibility index (Phi) is 4.71. The highest BCUT2D eigenvalue weighted by atomic mass is 127. The largest absolute Gasteiger partial charge is 0.382 e. The highest BCUT2D eigenvalue weighted by Gasteiger charge is 2.20. The van der Waals surface area contributed by atoms with Gasteiger partial charge in [-0.05, 0) is 78.8 Å². The lowest BCUT2D eigenvalue weighted by Crippen LogP contribution is -2.26. The Bertz CT molecular complexity index is 367. The molecule has 0 aromatic heterocycles. The monoisotopic (exact) mass is 343 g/mol. The number of hydrogen-bond donors (Lipinski definition) is 1. The van der Waals surface area contributed by atoms with Crippen LogP contribution >= 0.6 is 22.6 Å². The van der Waals surface area contributed by atoms with Crippen LogP contribution in [0.3, 0.4) is 0 Å². The molecule has 1 aromatic rings. The van der Waals surface area contributed by atoms with E-state index < -0.39 is 0 Å². The van der Waals surface area contributed by atoms with Gasteiger partial charge in [-0.1, -0.05) is 19.4 Å². The van der Waals surface area contributed by atoms with Crippen molar-refractivity contribution in [3.63, 3.8) is 0 Å². The molecule has 0 spiro atoms. The van der Waals surface area contributed by atoms with E-state index in [-0.39, 0.29) is 0 Å². The third-order valence-corrected chi connectivity index (χ3v) is 5.22. The van der Waals surface area contributed by atoms with Gasteiger partial charge in [0.2, 0.25) is 0 Å². The smallest absolute Gasteiger partial charge is 0.0382 e. The Hall–Kier alpha value is -0.250. The second kappa shape index (κ2) is 6.07. The lowest BCUT2D eigenvalue weighted by molar-refractivity contribution is 0.330. The summed E-state index contributed by atoms with van der Waals surface area (Å²) in [6, 6.07) is 7.22. The van der Waals surface area contributed by atoms with Gasteiger partial charge in [0.05, 0.1) is 0 Å². The molecule has 2 heteroatoms. The molecular weight excluding hydrogens is 321 g/mol. The standard InChI is InChI=1S/C15H22IN/c1-3-12-7-9-13(10-8-12)17-15-6-4-5-14(16)11(15)2/h4-6,12-13,17H,3,7-10H2,1-2H3. The molecule has 0 heterocycles. The molecule has 0 unspecified atom stereocenters. The molecular formula is C15H22IN. The van der Waals surface area contributed by atoms with E-state index >= 15 is 0 Å². The fourth-order valence-electron chi connectivity index (χ4n) is 2.70. The fraction of sp³-hybridized carbons (Fsp3) is 0.600. The summed E-state index contributed by atoms with van der Waals surface area (Å²) >= 11 is 2.41. The summed E-state index contributed by atoms with van der Waals surface area (Å²) in [6.45, 7) is 4.53. The molecule has 1 fully saturated rings. The highest BCUT2D eigenvalue weighted by molar-refractivity contribution is 14.1. The van der Waals surface area contributed by atoms with Crippen molar-refractivity contribution in [3.05, 3.63) is 27.3 Å². The second-order valence-electron chi connectivity index (χ2n) is 5.18. The van der Waals surface area contributed by atoms with Crippen LogP contribution < -0.4 is 5.32 Å². The Morgan fingerprint density at radius 1 is 1.24 bits per heavy atom. The van der Waals surface area contributed by atoms with Gasteiger partial charge in [0.1, 0.15) is 0 Å². The van der Waals surface area contributed by atoms with Crippen molar-refractivity contribution in [2.24, 2.45) is 5.92 Å². The molecule has 0 radical (unpaired) electrons. The zero-order valence-electron chi connectivity index (χ0n) is 10.8. The summed E-state index contributed by atoms with van der Waals surface area (Å²) in [6.07, 6.45) is 6.83. The van der Waals surface area contributed by atoms with E-state index in [1.165, 1.54) is 46.9 Å². The number of hydrogen-bond acceptors (Lipinski definition) is 1. The van der Waals surface area contributed by atoms with Crippen LogP contribution in [0.5, 0.6) is 0 Å². The molecule has 0 saturated heterocycles. The SMILES string of the molecule is CCC1CCC(Nc2cccc(I)c2C)CC1. The van der Waals surface area contributed by atoms with Crippen LogP contribution in [0.25, 0.3) is 0 Å². The van der Waals surface area contributed by atoms with Gasteiger partial charge in [-0.25, -0.2) is 0 Å². The average Bonchev–Trinajstić information content (AvgIpc) is 2.36. The summed E-state index contributed by atoms with van der Waals surface area (Å²) < 4.78 is 1.36. The third-order valence-electron chi connectivity index (χ3n) is 4.05. The van der Waals surface area contributed by atoms with Crippen molar-refractivity contribution in [1.29, 1.82) is 0 Å². The van der Waals surface area contributed by atoms with Gasteiger partial charge in [0.25, 0.3) is 0 Å². The first-order valence-electron chi connectivity index (χ1n) is 6.72. The van der Waals surface area contributed by atoms with Gasteiger partial charge in [0, 0.05) is 15.3 Å². The minimum absolute atomic E-state index is 0.690. The molecule has 1 aliphatic rings. The molecule has 0 atom stereocenters. The predicted molar refractivity (Wildman–Crippen MR) is 83.6 cm³/mol.